The number of hydrogen-bond acceptors (Lipinski definition) is 5. The van der Waals surface area contributed by atoms with Crippen molar-refractivity contribution in [2.45, 2.75) is 12.5 Å². The van der Waals surface area contributed by atoms with Crippen LogP contribution in [0.25, 0.3) is 16.7 Å². The number of rotatable bonds is 5. The van der Waals surface area contributed by atoms with Gasteiger partial charge in [0.15, 0.2) is 5.65 Å². The number of nitrogens with zero attached hydrogens (tertiary/aromatic N) is 3. The summed E-state index contributed by atoms with van der Waals surface area (Å²) in [6.07, 6.45) is 1.49. The highest BCUT2D eigenvalue weighted by atomic mass is 35.5. The van der Waals surface area contributed by atoms with Gasteiger partial charge in [0, 0.05) is 5.02 Å². The third kappa shape index (κ3) is 3.49. The summed E-state index contributed by atoms with van der Waals surface area (Å²) in [5, 5.41) is 19.0. The van der Waals surface area contributed by atoms with Crippen LogP contribution < -0.4 is 10.9 Å². The highest BCUT2D eigenvalue weighted by molar-refractivity contribution is 6.30. The van der Waals surface area contributed by atoms with Crippen LogP contribution in [0.5, 0.6) is 0 Å². The molecule has 142 valence electrons. The minimum Gasteiger partial charge on any atom is -0.384 e. The number of benzene rings is 2. The van der Waals surface area contributed by atoms with Crippen LogP contribution in [0.4, 0.5) is 5.95 Å². The lowest BCUT2D eigenvalue weighted by atomic mass is 9.96. The maximum Gasteiger partial charge on any atom is 0.263 e. The highest BCUT2D eigenvalue weighted by Gasteiger charge is 2.23. The van der Waals surface area contributed by atoms with Crippen molar-refractivity contribution in [1.29, 1.82) is 0 Å². The van der Waals surface area contributed by atoms with Gasteiger partial charge in [-0.05, 0) is 36.8 Å². The molecule has 1 unspecified atom stereocenters. The van der Waals surface area contributed by atoms with E-state index in [4.69, 9.17) is 11.6 Å². The average Bonchev–Trinajstić information content (AvgIpc) is 3.12. The fourth-order valence-corrected chi connectivity index (χ4v) is 3.13. The van der Waals surface area contributed by atoms with E-state index >= 15 is 0 Å². The molecule has 1 atom stereocenters. The number of halogens is 1. The quantitative estimate of drug-likeness (QED) is 0.482. The molecule has 7 nitrogen and oxygen atoms in total. The predicted molar refractivity (Wildman–Crippen MR) is 109 cm³/mol. The minimum absolute atomic E-state index is 0.126. The van der Waals surface area contributed by atoms with Gasteiger partial charge in [0.05, 0.1) is 18.4 Å². The Morgan fingerprint density at radius 1 is 1.21 bits per heavy atom. The number of H-pyrrole nitrogens is 1. The molecule has 2 aromatic carbocycles. The Morgan fingerprint density at radius 2 is 2.00 bits per heavy atom. The average molecular weight is 396 g/mol. The van der Waals surface area contributed by atoms with Crippen molar-refractivity contribution in [1.82, 2.24) is 19.7 Å². The standard InChI is InChI=1S/C20H18ClN5O2/c1-20(28,13-6-5-7-14(21)10-13)12-22-19-24-17-16(18(27)25-19)11-23-26(17)15-8-3-2-4-9-15/h2-11,28H,12H2,1H3,(H2,22,24,25,27). The lowest BCUT2D eigenvalue weighted by Crippen LogP contribution is -2.31. The summed E-state index contributed by atoms with van der Waals surface area (Å²) in [6, 6.07) is 16.4. The summed E-state index contributed by atoms with van der Waals surface area (Å²) in [7, 11) is 0. The molecule has 0 saturated carbocycles. The van der Waals surface area contributed by atoms with Gasteiger partial charge in [-0.3, -0.25) is 9.78 Å². The zero-order valence-corrected chi connectivity index (χ0v) is 15.8. The Kier molecular flexibility index (Phi) is 4.62. The largest absolute Gasteiger partial charge is 0.384 e. The van der Waals surface area contributed by atoms with E-state index in [0.717, 1.165) is 5.69 Å². The zero-order chi connectivity index (χ0) is 19.7. The molecule has 0 radical (unpaired) electrons. The molecule has 2 heterocycles. The summed E-state index contributed by atoms with van der Waals surface area (Å²) in [4.78, 5) is 19.6. The van der Waals surface area contributed by atoms with Crippen LogP contribution in [0, 0.1) is 0 Å². The van der Waals surface area contributed by atoms with Crippen LogP contribution in [-0.2, 0) is 5.60 Å². The van der Waals surface area contributed by atoms with Crippen LogP contribution in [0.2, 0.25) is 5.02 Å². The third-order valence-electron chi connectivity index (χ3n) is 4.49. The SMILES string of the molecule is CC(O)(CNc1nc2c(cnn2-c2ccccc2)c(=O)[nH]1)c1cccc(Cl)c1. The lowest BCUT2D eigenvalue weighted by Gasteiger charge is -2.24. The van der Waals surface area contributed by atoms with Crippen LogP contribution in [-0.4, -0.2) is 31.4 Å². The van der Waals surface area contributed by atoms with Gasteiger partial charge in [0.2, 0.25) is 5.95 Å². The fraction of sp³-hybridized carbons (Fsp3) is 0.150. The summed E-state index contributed by atoms with van der Waals surface area (Å²) < 4.78 is 1.60. The maximum absolute atomic E-state index is 12.4. The van der Waals surface area contributed by atoms with Crippen LogP contribution in [0.3, 0.4) is 0 Å². The van der Waals surface area contributed by atoms with Gasteiger partial charge >= 0.3 is 0 Å². The van der Waals surface area contributed by atoms with Gasteiger partial charge in [-0.15, -0.1) is 0 Å². The van der Waals surface area contributed by atoms with Gasteiger partial charge in [-0.25, -0.2) is 4.68 Å². The van der Waals surface area contributed by atoms with Crippen molar-refractivity contribution in [3.8, 4) is 5.69 Å². The number of anilines is 1. The second-order valence-electron chi connectivity index (χ2n) is 6.68. The van der Waals surface area contributed by atoms with E-state index < -0.39 is 5.60 Å². The second kappa shape index (κ2) is 7.10. The lowest BCUT2D eigenvalue weighted by molar-refractivity contribution is 0.0713. The topological polar surface area (TPSA) is 95.8 Å². The van der Waals surface area contributed by atoms with Crippen molar-refractivity contribution in [3.05, 3.63) is 81.7 Å². The molecule has 0 fully saturated rings. The molecule has 4 rings (SSSR count). The van der Waals surface area contributed by atoms with E-state index in [1.807, 2.05) is 30.3 Å². The third-order valence-corrected chi connectivity index (χ3v) is 4.72. The van der Waals surface area contributed by atoms with Crippen molar-refractivity contribution < 1.29 is 5.11 Å². The zero-order valence-electron chi connectivity index (χ0n) is 15.1. The second-order valence-corrected chi connectivity index (χ2v) is 7.12. The molecule has 0 saturated heterocycles. The van der Waals surface area contributed by atoms with E-state index in [0.29, 0.717) is 21.6 Å². The van der Waals surface area contributed by atoms with E-state index in [1.54, 1.807) is 35.9 Å². The Bertz CT molecular complexity index is 1180. The van der Waals surface area contributed by atoms with Gasteiger partial charge in [-0.1, -0.05) is 41.9 Å². The van der Waals surface area contributed by atoms with E-state index in [9.17, 15) is 9.90 Å². The number of aliphatic hydroxyl groups is 1. The first-order chi connectivity index (χ1) is 13.4. The number of hydrogen-bond donors (Lipinski definition) is 3. The molecule has 3 N–H and O–H groups in total. The molecular formula is C20H18ClN5O2. The van der Waals surface area contributed by atoms with Crippen LogP contribution in [0.15, 0.2) is 65.6 Å². The molecule has 0 aliphatic carbocycles. The van der Waals surface area contributed by atoms with E-state index in [2.05, 4.69) is 20.4 Å². The summed E-state index contributed by atoms with van der Waals surface area (Å²) in [5.41, 5.74) is 0.368. The Morgan fingerprint density at radius 3 is 2.75 bits per heavy atom. The molecule has 0 aliphatic rings. The molecule has 0 bridgehead atoms. The number of fused-ring (bicyclic) bond motifs is 1. The van der Waals surface area contributed by atoms with Gasteiger partial charge in [0.25, 0.3) is 5.56 Å². The van der Waals surface area contributed by atoms with Crippen molar-refractivity contribution in [2.75, 3.05) is 11.9 Å². The molecule has 0 amide bonds. The Labute approximate surface area is 165 Å². The first-order valence-corrected chi connectivity index (χ1v) is 9.08. The normalized spacial score (nSPS) is 13.4. The highest BCUT2D eigenvalue weighted by Crippen LogP contribution is 2.24. The molecule has 4 aromatic rings. The van der Waals surface area contributed by atoms with E-state index in [-0.39, 0.29) is 18.1 Å². The smallest absolute Gasteiger partial charge is 0.263 e. The van der Waals surface area contributed by atoms with Gasteiger partial charge in [-0.2, -0.15) is 10.1 Å². The Hall–Kier alpha value is -3.16. The molecule has 2 aromatic heterocycles. The minimum atomic E-state index is -1.21. The predicted octanol–water partition coefficient (Wildman–Crippen LogP) is 3.08. The van der Waals surface area contributed by atoms with Gasteiger partial charge in [0.1, 0.15) is 11.0 Å². The fourth-order valence-electron chi connectivity index (χ4n) is 2.94. The number of nitrogens with one attached hydrogen (secondary N) is 2. The molecule has 0 spiro atoms. The first-order valence-electron chi connectivity index (χ1n) is 8.70. The maximum atomic E-state index is 12.4. The van der Waals surface area contributed by atoms with Gasteiger partial charge < -0.3 is 10.4 Å². The molecule has 0 aliphatic heterocycles. The summed E-state index contributed by atoms with van der Waals surface area (Å²) in [6.45, 7) is 1.79. The van der Waals surface area contributed by atoms with Crippen molar-refractivity contribution in [2.24, 2.45) is 0 Å². The molecule has 28 heavy (non-hydrogen) atoms. The monoisotopic (exact) mass is 395 g/mol. The number of aromatic amines is 1. The molecule has 8 heteroatoms. The number of para-hydroxylation sites is 1. The number of aromatic nitrogens is 4. The summed E-state index contributed by atoms with van der Waals surface area (Å²) >= 11 is 6.02. The molecular weight excluding hydrogens is 378 g/mol. The first kappa shape index (κ1) is 18.2. The van der Waals surface area contributed by atoms with Crippen LogP contribution in [0.1, 0.15) is 12.5 Å². The van der Waals surface area contributed by atoms with E-state index in [1.165, 1.54) is 6.20 Å². The van der Waals surface area contributed by atoms with Crippen molar-refractivity contribution >= 4 is 28.6 Å². The Balaban J connectivity index is 1.65. The van der Waals surface area contributed by atoms with Crippen molar-refractivity contribution in [3.63, 3.8) is 0 Å². The van der Waals surface area contributed by atoms with Crippen LogP contribution >= 0.6 is 11.6 Å². The summed E-state index contributed by atoms with van der Waals surface area (Å²) in [5.74, 6) is 0.248.